The van der Waals surface area contributed by atoms with Crippen molar-refractivity contribution in [2.75, 3.05) is 24.7 Å². The average Bonchev–Trinajstić information content (AvgIpc) is 2.85. The lowest BCUT2D eigenvalue weighted by atomic mass is 10.0. The van der Waals surface area contributed by atoms with Crippen LogP contribution in [-0.2, 0) is 5.75 Å². The van der Waals surface area contributed by atoms with Crippen molar-refractivity contribution in [3.05, 3.63) is 28.3 Å². The molecule has 2 rings (SSSR count). The zero-order valence-corrected chi connectivity index (χ0v) is 16.7. The molecule has 0 saturated heterocycles. The number of anilines is 2. The number of ketones is 2. The van der Waals surface area contributed by atoms with Gasteiger partial charge in [0.2, 0.25) is 11.9 Å². The number of hydrogen-bond acceptors (Lipinski definition) is 8. The number of aryl methyl sites for hydroxylation is 1. The summed E-state index contributed by atoms with van der Waals surface area (Å²) >= 11 is 1.41. The molecule has 0 unspecified atom stereocenters. The fraction of sp³-hybridized carbons (Fsp3) is 0.471. The first-order valence-electron chi connectivity index (χ1n) is 8.15. The van der Waals surface area contributed by atoms with Crippen molar-refractivity contribution in [1.82, 2.24) is 19.9 Å². The third-order valence-electron chi connectivity index (χ3n) is 3.95. The molecule has 0 amide bonds. The van der Waals surface area contributed by atoms with Gasteiger partial charge in [0, 0.05) is 25.4 Å². The van der Waals surface area contributed by atoms with Gasteiger partial charge in [-0.05, 0) is 33.3 Å². The minimum Gasteiger partial charge on any atom is -0.368 e. The number of nitrogens with two attached hydrogens (primary N) is 1. The van der Waals surface area contributed by atoms with Crippen LogP contribution < -0.4 is 10.6 Å². The van der Waals surface area contributed by atoms with Crippen LogP contribution in [0.15, 0.2) is 0 Å². The second-order valence-electron chi connectivity index (χ2n) is 6.30. The Labute approximate surface area is 157 Å². The summed E-state index contributed by atoms with van der Waals surface area (Å²) in [5, 5.41) is -0.327. The second kappa shape index (κ2) is 7.86. The Balaban J connectivity index is 2.14. The molecule has 26 heavy (non-hydrogen) atoms. The number of carbonyl (C=O) groups is 2. The first kappa shape index (κ1) is 19.9. The van der Waals surface area contributed by atoms with E-state index in [1.165, 1.54) is 18.7 Å². The Morgan fingerprint density at radius 1 is 1.23 bits per heavy atom. The van der Waals surface area contributed by atoms with Gasteiger partial charge in [-0.1, -0.05) is 0 Å². The zero-order valence-electron chi connectivity index (χ0n) is 15.9. The normalized spacial score (nSPS) is 12.1. The largest absolute Gasteiger partial charge is 0.368 e. The molecule has 0 aliphatic heterocycles. The maximum Gasteiger partial charge on any atom is 0.229 e. The van der Waals surface area contributed by atoms with E-state index >= 15 is 0 Å². The summed E-state index contributed by atoms with van der Waals surface area (Å²) in [5.41, 5.74) is 8.21. The van der Waals surface area contributed by atoms with Crippen LogP contribution in [0.1, 0.15) is 51.8 Å². The van der Waals surface area contributed by atoms with Crippen molar-refractivity contribution in [2.45, 2.75) is 38.7 Å². The number of aromatic amines is 1. The summed E-state index contributed by atoms with van der Waals surface area (Å²) in [4.78, 5) is 41.8. The van der Waals surface area contributed by atoms with E-state index in [4.69, 9.17) is 5.73 Å². The highest BCUT2D eigenvalue weighted by Crippen LogP contribution is 2.25. The number of rotatable bonds is 7. The molecule has 2 aromatic heterocycles. The van der Waals surface area contributed by atoms with Gasteiger partial charge < -0.3 is 15.6 Å². The standard InChI is InChI=1S/C17H24N6O2S/c1-8-13(10(3)24)9(2)19-14(8)15(25)11(4)26-7-12-20-16(18)22-17(21-12)23(5)6/h11,19H,7H2,1-6H3,(H2,18,20,21,22)/t11-/m0/s1. The molecule has 0 saturated carbocycles. The molecule has 0 aliphatic rings. The number of nitrogens with one attached hydrogen (secondary N) is 1. The third kappa shape index (κ3) is 4.21. The Hall–Kier alpha value is -2.42. The molecule has 0 aliphatic carbocycles. The summed E-state index contributed by atoms with van der Waals surface area (Å²) in [6.45, 7) is 6.92. The number of carbonyl (C=O) groups excluding carboxylic acids is 2. The highest BCUT2D eigenvalue weighted by atomic mass is 32.2. The van der Waals surface area contributed by atoms with Gasteiger partial charge in [0.05, 0.1) is 16.7 Å². The van der Waals surface area contributed by atoms with Crippen molar-refractivity contribution in [2.24, 2.45) is 0 Å². The topological polar surface area (TPSA) is 118 Å². The zero-order chi connectivity index (χ0) is 19.6. The van der Waals surface area contributed by atoms with E-state index in [9.17, 15) is 9.59 Å². The van der Waals surface area contributed by atoms with Gasteiger partial charge in [0.1, 0.15) is 5.82 Å². The van der Waals surface area contributed by atoms with Crippen molar-refractivity contribution in [3.8, 4) is 0 Å². The molecule has 2 heterocycles. The van der Waals surface area contributed by atoms with E-state index in [1.54, 1.807) is 18.7 Å². The molecule has 8 nitrogen and oxygen atoms in total. The molecule has 2 aromatic rings. The highest BCUT2D eigenvalue weighted by molar-refractivity contribution is 7.99. The number of aromatic nitrogens is 4. The molecule has 1 atom stereocenters. The molecular formula is C17H24N6O2S. The molecule has 3 N–H and O–H groups in total. The smallest absolute Gasteiger partial charge is 0.229 e. The van der Waals surface area contributed by atoms with Crippen LogP contribution in [0.4, 0.5) is 11.9 Å². The molecule has 0 fully saturated rings. The number of Topliss-reactive ketones (excluding diaryl/α,β-unsaturated/α-hetero) is 2. The van der Waals surface area contributed by atoms with Crippen molar-refractivity contribution < 1.29 is 9.59 Å². The Bertz CT molecular complexity index is 846. The first-order chi connectivity index (χ1) is 12.1. The van der Waals surface area contributed by atoms with Gasteiger partial charge in [0.15, 0.2) is 11.6 Å². The van der Waals surface area contributed by atoms with E-state index in [2.05, 4.69) is 19.9 Å². The van der Waals surface area contributed by atoms with E-state index in [-0.39, 0.29) is 22.8 Å². The predicted molar refractivity (Wildman–Crippen MR) is 104 cm³/mol. The Morgan fingerprint density at radius 3 is 2.42 bits per heavy atom. The van der Waals surface area contributed by atoms with Gasteiger partial charge in [0.25, 0.3) is 0 Å². The van der Waals surface area contributed by atoms with E-state index in [0.29, 0.717) is 34.3 Å². The summed E-state index contributed by atoms with van der Waals surface area (Å²) < 4.78 is 0. The number of nitrogens with zero attached hydrogens (tertiary/aromatic N) is 4. The number of H-pyrrole nitrogens is 1. The summed E-state index contributed by atoms with van der Waals surface area (Å²) in [6.07, 6.45) is 0. The van der Waals surface area contributed by atoms with Crippen LogP contribution in [0.5, 0.6) is 0 Å². The summed E-state index contributed by atoms with van der Waals surface area (Å²) in [6, 6.07) is 0. The van der Waals surface area contributed by atoms with E-state index in [0.717, 1.165) is 5.69 Å². The van der Waals surface area contributed by atoms with Crippen LogP contribution in [0.3, 0.4) is 0 Å². The molecule has 140 valence electrons. The molecule has 0 spiro atoms. The van der Waals surface area contributed by atoms with Gasteiger partial charge in [-0.15, -0.1) is 11.8 Å². The summed E-state index contributed by atoms with van der Waals surface area (Å²) in [5.74, 6) is 1.48. The Morgan fingerprint density at radius 2 is 1.88 bits per heavy atom. The predicted octanol–water partition coefficient (Wildman–Crippen LogP) is 2.17. The van der Waals surface area contributed by atoms with Crippen LogP contribution in [0, 0.1) is 13.8 Å². The van der Waals surface area contributed by atoms with Gasteiger partial charge >= 0.3 is 0 Å². The van der Waals surface area contributed by atoms with E-state index in [1.807, 2.05) is 21.0 Å². The SMILES string of the molecule is CC(=O)c1c(C)[nH]c(C(=O)[C@H](C)SCc2nc(N)nc(N(C)C)n2)c1C. The lowest BCUT2D eigenvalue weighted by Gasteiger charge is -2.13. The fourth-order valence-corrected chi connectivity index (χ4v) is 3.49. The first-order valence-corrected chi connectivity index (χ1v) is 9.20. The van der Waals surface area contributed by atoms with Crippen LogP contribution in [0.2, 0.25) is 0 Å². The van der Waals surface area contributed by atoms with Crippen LogP contribution in [-0.4, -0.2) is 50.8 Å². The summed E-state index contributed by atoms with van der Waals surface area (Å²) in [7, 11) is 3.64. The monoisotopic (exact) mass is 376 g/mol. The maximum absolute atomic E-state index is 12.8. The molecular weight excluding hydrogens is 352 g/mol. The van der Waals surface area contributed by atoms with Gasteiger partial charge in [-0.25, -0.2) is 0 Å². The number of nitrogen functional groups attached to an aromatic ring is 1. The maximum atomic E-state index is 12.8. The molecule has 0 aromatic carbocycles. The number of hydrogen-bond donors (Lipinski definition) is 2. The molecule has 0 radical (unpaired) electrons. The van der Waals surface area contributed by atoms with Crippen molar-refractivity contribution in [3.63, 3.8) is 0 Å². The second-order valence-corrected chi connectivity index (χ2v) is 7.63. The van der Waals surface area contributed by atoms with E-state index < -0.39 is 0 Å². The van der Waals surface area contributed by atoms with Gasteiger partial charge in [-0.3, -0.25) is 9.59 Å². The lowest BCUT2D eigenvalue weighted by molar-refractivity contribution is 0.0988. The van der Waals surface area contributed by atoms with Gasteiger partial charge in [-0.2, -0.15) is 15.0 Å². The molecule has 0 bridgehead atoms. The average molecular weight is 376 g/mol. The van der Waals surface area contributed by atoms with Crippen LogP contribution in [0.25, 0.3) is 0 Å². The highest BCUT2D eigenvalue weighted by Gasteiger charge is 2.24. The Kier molecular flexibility index (Phi) is 6.01. The quantitative estimate of drug-likeness (QED) is 0.706. The minimum atomic E-state index is -0.327. The van der Waals surface area contributed by atoms with Crippen LogP contribution >= 0.6 is 11.8 Å². The van der Waals surface area contributed by atoms with Crippen molar-refractivity contribution in [1.29, 1.82) is 0 Å². The fourth-order valence-electron chi connectivity index (χ4n) is 2.69. The lowest BCUT2D eigenvalue weighted by Crippen LogP contribution is -2.18. The minimum absolute atomic E-state index is 0.0486. The third-order valence-corrected chi connectivity index (χ3v) is 5.09. The molecule has 9 heteroatoms. The van der Waals surface area contributed by atoms with Crippen molar-refractivity contribution >= 4 is 35.2 Å². The number of thioether (sulfide) groups is 1.